The summed E-state index contributed by atoms with van der Waals surface area (Å²) in [5, 5.41) is 10.9. The Morgan fingerprint density at radius 3 is 2.95 bits per heavy atom. The molecule has 2 rings (SSSR count). The van der Waals surface area contributed by atoms with Gasteiger partial charge in [0, 0.05) is 18.0 Å². The minimum absolute atomic E-state index is 0.0186. The molecule has 0 unspecified atom stereocenters. The first-order valence-corrected chi connectivity index (χ1v) is 6.14. The minimum atomic E-state index is -0.693. The molecule has 0 aliphatic heterocycles. The summed E-state index contributed by atoms with van der Waals surface area (Å²) in [5.41, 5.74) is -0.0801. The average Bonchev–Trinajstić information content (AvgIpc) is 2.89. The second-order valence-electron chi connectivity index (χ2n) is 4.13. The van der Waals surface area contributed by atoms with Gasteiger partial charge in [0.15, 0.2) is 0 Å². The topological polar surface area (TPSA) is 87.3 Å². The zero-order valence-corrected chi connectivity index (χ0v) is 11.2. The molecule has 8 heteroatoms. The second-order valence-corrected chi connectivity index (χ2v) is 4.13. The fourth-order valence-electron chi connectivity index (χ4n) is 1.85. The molecule has 1 aromatic heterocycles. The molecule has 0 aliphatic carbocycles. The summed E-state index contributed by atoms with van der Waals surface area (Å²) in [6.45, 7) is 1.88. The summed E-state index contributed by atoms with van der Waals surface area (Å²) in [7, 11) is 0. The van der Waals surface area contributed by atoms with Crippen LogP contribution in [0.25, 0.3) is 0 Å². The number of nitro benzene ring substituents is 1. The summed E-state index contributed by atoms with van der Waals surface area (Å²) in [4.78, 5) is 25.8. The van der Waals surface area contributed by atoms with Crippen molar-refractivity contribution in [3.8, 4) is 0 Å². The van der Waals surface area contributed by atoms with E-state index in [-0.39, 0.29) is 30.2 Å². The Bertz CT molecular complexity index is 684. The Morgan fingerprint density at radius 2 is 2.29 bits per heavy atom. The number of nitro groups is 1. The first-order chi connectivity index (χ1) is 10.0. The van der Waals surface area contributed by atoms with E-state index < -0.39 is 16.7 Å². The van der Waals surface area contributed by atoms with Gasteiger partial charge in [0.2, 0.25) is 5.82 Å². The van der Waals surface area contributed by atoms with E-state index in [1.54, 1.807) is 6.92 Å². The van der Waals surface area contributed by atoms with E-state index in [9.17, 15) is 19.3 Å². The van der Waals surface area contributed by atoms with Crippen molar-refractivity contribution in [3.05, 3.63) is 57.9 Å². The normalized spacial score (nSPS) is 10.4. The van der Waals surface area contributed by atoms with Gasteiger partial charge in [0.1, 0.15) is 5.82 Å². The third-order valence-electron chi connectivity index (χ3n) is 2.76. The highest BCUT2D eigenvalue weighted by Crippen LogP contribution is 2.21. The van der Waals surface area contributed by atoms with Gasteiger partial charge < -0.3 is 9.30 Å². The molecule has 2 aromatic rings. The monoisotopic (exact) mass is 293 g/mol. The van der Waals surface area contributed by atoms with Gasteiger partial charge in [-0.2, -0.15) is 0 Å². The molecule has 0 radical (unpaired) electrons. The van der Waals surface area contributed by atoms with Crippen LogP contribution in [0.3, 0.4) is 0 Å². The third-order valence-corrected chi connectivity index (χ3v) is 2.76. The number of nitrogens with zero attached hydrogens (tertiary/aromatic N) is 3. The van der Waals surface area contributed by atoms with E-state index in [4.69, 9.17) is 4.74 Å². The number of ether oxygens (including phenoxy) is 1. The van der Waals surface area contributed by atoms with Gasteiger partial charge in [-0.3, -0.25) is 10.1 Å². The predicted octanol–water partition coefficient (Wildman–Crippen LogP) is 2.16. The summed E-state index contributed by atoms with van der Waals surface area (Å²) >= 11 is 0. The summed E-state index contributed by atoms with van der Waals surface area (Å²) in [5.74, 6) is -1.27. The molecule has 0 aliphatic rings. The zero-order valence-electron chi connectivity index (χ0n) is 11.2. The number of carbonyl (C=O) groups is 1. The largest absolute Gasteiger partial charge is 0.460 e. The summed E-state index contributed by atoms with van der Waals surface area (Å²) in [6.07, 6.45) is 2.89. The van der Waals surface area contributed by atoms with Gasteiger partial charge in [0.25, 0.3) is 5.69 Å². The first kappa shape index (κ1) is 14.6. The number of benzene rings is 1. The molecule has 0 amide bonds. The lowest BCUT2D eigenvalue weighted by molar-refractivity contribution is -0.385. The van der Waals surface area contributed by atoms with E-state index in [1.807, 2.05) is 0 Å². The van der Waals surface area contributed by atoms with Gasteiger partial charge in [-0.05, 0) is 19.1 Å². The van der Waals surface area contributed by atoms with Crippen molar-refractivity contribution < 1.29 is 18.8 Å². The molecule has 1 aromatic carbocycles. The molecule has 0 bridgehead atoms. The average molecular weight is 293 g/mol. The maximum Gasteiger partial charge on any atom is 0.374 e. The van der Waals surface area contributed by atoms with Crippen LogP contribution in [0.5, 0.6) is 0 Å². The molecular weight excluding hydrogens is 281 g/mol. The van der Waals surface area contributed by atoms with Crippen LogP contribution >= 0.6 is 0 Å². The van der Waals surface area contributed by atoms with Gasteiger partial charge in [-0.1, -0.05) is 0 Å². The summed E-state index contributed by atoms with van der Waals surface area (Å²) in [6, 6.07) is 3.28. The second kappa shape index (κ2) is 6.12. The number of imidazole rings is 1. The smallest absolute Gasteiger partial charge is 0.374 e. The molecule has 0 saturated carbocycles. The number of hydrogen-bond donors (Lipinski definition) is 0. The minimum Gasteiger partial charge on any atom is -0.460 e. The molecule has 110 valence electrons. The molecule has 0 saturated heterocycles. The number of halogens is 1. The van der Waals surface area contributed by atoms with Crippen LogP contribution in [0.2, 0.25) is 0 Å². The van der Waals surface area contributed by atoms with Gasteiger partial charge in [0.05, 0.1) is 24.1 Å². The van der Waals surface area contributed by atoms with Crippen molar-refractivity contribution in [1.29, 1.82) is 0 Å². The molecule has 7 nitrogen and oxygen atoms in total. The lowest BCUT2D eigenvalue weighted by atomic mass is 10.1. The standard InChI is InChI=1S/C13H12FN3O4/c1-2-21-13(18)12-15-5-6-16(12)8-9-3-4-10(14)7-11(9)17(19)20/h3-7H,2,8H2,1H3. The molecule has 0 atom stereocenters. The quantitative estimate of drug-likeness (QED) is 0.479. The molecular formula is C13H12FN3O4. The van der Waals surface area contributed by atoms with Crippen molar-refractivity contribution in [2.24, 2.45) is 0 Å². The fraction of sp³-hybridized carbons (Fsp3) is 0.231. The number of rotatable bonds is 5. The van der Waals surface area contributed by atoms with E-state index in [0.29, 0.717) is 0 Å². The number of aromatic nitrogens is 2. The van der Waals surface area contributed by atoms with Crippen molar-refractivity contribution in [1.82, 2.24) is 9.55 Å². The Kier molecular flexibility index (Phi) is 4.27. The molecule has 0 spiro atoms. The van der Waals surface area contributed by atoms with Crippen LogP contribution in [0.1, 0.15) is 23.1 Å². The van der Waals surface area contributed by atoms with Crippen molar-refractivity contribution >= 4 is 11.7 Å². The fourth-order valence-corrected chi connectivity index (χ4v) is 1.85. The van der Waals surface area contributed by atoms with Crippen molar-refractivity contribution in [2.75, 3.05) is 6.61 Å². The summed E-state index contributed by atoms with van der Waals surface area (Å²) < 4.78 is 19.4. The molecule has 21 heavy (non-hydrogen) atoms. The Balaban J connectivity index is 2.33. The zero-order chi connectivity index (χ0) is 15.4. The van der Waals surface area contributed by atoms with Gasteiger partial charge in [-0.15, -0.1) is 0 Å². The molecule has 1 heterocycles. The maximum atomic E-state index is 13.1. The van der Waals surface area contributed by atoms with E-state index >= 15 is 0 Å². The van der Waals surface area contributed by atoms with Crippen LogP contribution in [0.4, 0.5) is 10.1 Å². The number of esters is 1. The highest BCUT2D eigenvalue weighted by atomic mass is 19.1. The lowest BCUT2D eigenvalue weighted by Gasteiger charge is -2.08. The molecule has 0 N–H and O–H groups in total. The van der Waals surface area contributed by atoms with Gasteiger partial charge >= 0.3 is 5.97 Å². The first-order valence-electron chi connectivity index (χ1n) is 6.14. The third kappa shape index (κ3) is 3.22. The van der Waals surface area contributed by atoms with E-state index in [0.717, 1.165) is 12.1 Å². The van der Waals surface area contributed by atoms with Crippen molar-refractivity contribution in [2.45, 2.75) is 13.5 Å². The maximum absolute atomic E-state index is 13.1. The molecule has 0 fully saturated rings. The van der Waals surface area contributed by atoms with Crippen LogP contribution < -0.4 is 0 Å². The lowest BCUT2D eigenvalue weighted by Crippen LogP contribution is -2.14. The Labute approximate surface area is 119 Å². The van der Waals surface area contributed by atoms with Crippen LogP contribution in [-0.4, -0.2) is 27.1 Å². The Hall–Kier alpha value is -2.77. The number of hydrogen-bond acceptors (Lipinski definition) is 5. The predicted molar refractivity (Wildman–Crippen MR) is 70.3 cm³/mol. The van der Waals surface area contributed by atoms with Crippen molar-refractivity contribution in [3.63, 3.8) is 0 Å². The number of carbonyl (C=O) groups excluding carboxylic acids is 1. The van der Waals surface area contributed by atoms with Crippen LogP contribution in [-0.2, 0) is 11.3 Å². The van der Waals surface area contributed by atoms with Crippen LogP contribution in [0.15, 0.2) is 30.6 Å². The van der Waals surface area contributed by atoms with E-state index in [2.05, 4.69) is 4.98 Å². The SMILES string of the molecule is CCOC(=O)c1nccn1Cc1ccc(F)cc1[N+](=O)[O-]. The highest BCUT2D eigenvalue weighted by Gasteiger charge is 2.19. The van der Waals surface area contributed by atoms with Crippen LogP contribution in [0, 0.1) is 15.9 Å². The van der Waals surface area contributed by atoms with Gasteiger partial charge in [-0.25, -0.2) is 14.2 Å². The van der Waals surface area contributed by atoms with E-state index in [1.165, 1.54) is 23.0 Å². The Morgan fingerprint density at radius 1 is 1.52 bits per heavy atom. The highest BCUT2D eigenvalue weighted by molar-refractivity contribution is 5.85.